The first-order chi connectivity index (χ1) is 17.0. The molecule has 0 unspecified atom stereocenters. The van der Waals surface area contributed by atoms with E-state index in [9.17, 15) is 14.7 Å². The SMILES string of the molecule is O=C(O)CCCSCCN1C(=O)CC[C@@H]1C=C=C(O)Cc1cccc(-c2cc3ccccc3o2)c1. The van der Waals surface area contributed by atoms with Crippen molar-refractivity contribution in [2.75, 3.05) is 18.1 Å². The van der Waals surface area contributed by atoms with E-state index in [2.05, 4.69) is 5.73 Å². The van der Waals surface area contributed by atoms with E-state index >= 15 is 0 Å². The van der Waals surface area contributed by atoms with Crippen LogP contribution in [0.2, 0.25) is 0 Å². The highest BCUT2D eigenvalue weighted by atomic mass is 32.2. The first kappa shape index (κ1) is 24.7. The van der Waals surface area contributed by atoms with E-state index in [1.807, 2.05) is 59.5 Å². The van der Waals surface area contributed by atoms with Gasteiger partial charge < -0.3 is 19.5 Å². The molecule has 0 bridgehead atoms. The third kappa shape index (κ3) is 6.81. The number of furan rings is 1. The Hall–Kier alpha value is -3.41. The molecule has 2 heterocycles. The summed E-state index contributed by atoms with van der Waals surface area (Å²) in [6.45, 7) is 0.611. The number of carboxylic acid groups (broad SMARTS) is 1. The first-order valence-corrected chi connectivity index (χ1v) is 13.0. The van der Waals surface area contributed by atoms with Crippen molar-refractivity contribution in [2.45, 2.75) is 38.1 Å². The van der Waals surface area contributed by atoms with Gasteiger partial charge in [-0.2, -0.15) is 11.8 Å². The second-order valence-electron chi connectivity index (χ2n) is 8.59. The normalized spacial score (nSPS) is 15.4. The lowest BCUT2D eigenvalue weighted by Gasteiger charge is -2.21. The van der Waals surface area contributed by atoms with Crippen LogP contribution >= 0.6 is 11.8 Å². The average Bonchev–Trinajstić information content (AvgIpc) is 3.43. The van der Waals surface area contributed by atoms with Crippen LogP contribution in [0.15, 0.2) is 76.6 Å². The zero-order chi connectivity index (χ0) is 24.6. The molecule has 1 fully saturated rings. The van der Waals surface area contributed by atoms with Crippen molar-refractivity contribution in [1.82, 2.24) is 4.90 Å². The zero-order valence-corrected chi connectivity index (χ0v) is 20.3. The summed E-state index contributed by atoms with van der Waals surface area (Å²) in [6, 6.07) is 17.7. The standard InChI is InChI=1S/C28H29NO5S/c30-24(12-10-23-11-13-27(31)29(23)14-16-35-15-4-9-28(32)33)18-20-5-3-7-21(17-20)26-19-22-6-1-2-8-25(22)34-26/h1-3,5-8,10,17,19,23,30H,4,9,11,13-16,18H2,(H,32,33)/t12?,23-/m0/s1. The molecule has 35 heavy (non-hydrogen) atoms. The molecule has 2 aromatic carbocycles. The number of carboxylic acids is 1. The predicted octanol–water partition coefficient (Wildman–Crippen LogP) is 5.83. The van der Waals surface area contributed by atoms with Crippen molar-refractivity contribution in [3.63, 3.8) is 0 Å². The highest BCUT2D eigenvalue weighted by Gasteiger charge is 2.28. The minimum atomic E-state index is -0.779. The van der Waals surface area contributed by atoms with E-state index in [-0.39, 0.29) is 24.1 Å². The van der Waals surface area contributed by atoms with Crippen LogP contribution in [0, 0.1) is 0 Å². The number of carbonyl (C=O) groups is 2. The first-order valence-electron chi connectivity index (χ1n) is 11.8. The van der Waals surface area contributed by atoms with Gasteiger partial charge in [0.15, 0.2) is 0 Å². The number of hydrogen-bond donors (Lipinski definition) is 2. The number of fused-ring (bicyclic) bond motifs is 1. The Kier molecular flexibility index (Phi) is 8.35. The number of aliphatic carboxylic acids is 1. The number of thioether (sulfide) groups is 1. The molecule has 6 nitrogen and oxygen atoms in total. The number of benzene rings is 2. The number of rotatable bonds is 11. The molecule has 7 heteroatoms. The summed E-state index contributed by atoms with van der Waals surface area (Å²) in [5.41, 5.74) is 5.72. The summed E-state index contributed by atoms with van der Waals surface area (Å²) >= 11 is 1.66. The zero-order valence-electron chi connectivity index (χ0n) is 19.5. The van der Waals surface area contributed by atoms with Crippen LogP contribution in [-0.4, -0.2) is 51.1 Å². The molecule has 4 rings (SSSR count). The number of aliphatic hydroxyl groups excluding tert-OH is 1. The van der Waals surface area contributed by atoms with Crippen molar-refractivity contribution >= 4 is 34.6 Å². The van der Waals surface area contributed by atoms with Gasteiger partial charge in [-0.05, 0) is 48.4 Å². The summed E-state index contributed by atoms with van der Waals surface area (Å²) < 4.78 is 5.96. The summed E-state index contributed by atoms with van der Waals surface area (Å²) in [5, 5.41) is 20.3. The van der Waals surface area contributed by atoms with Gasteiger partial charge in [0, 0.05) is 42.5 Å². The number of para-hydroxylation sites is 1. The number of nitrogens with zero attached hydrogens (tertiary/aromatic N) is 1. The fourth-order valence-corrected chi connectivity index (χ4v) is 5.08. The van der Waals surface area contributed by atoms with Gasteiger partial charge in [-0.1, -0.05) is 42.1 Å². The molecule has 0 saturated carbocycles. The van der Waals surface area contributed by atoms with Gasteiger partial charge in [-0.3, -0.25) is 9.59 Å². The Labute approximate surface area is 208 Å². The Morgan fingerprint density at radius 3 is 2.83 bits per heavy atom. The van der Waals surface area contributed by atoms with Gasteiger partial charge in [-0.15, -0.1) is 0 Å². The number of aliphatic hydroxyl groups is 1. The van der Waals surface area contributed by atoms with Crippen molar-refractivity contribution in [2.24, 2.45) is 0 Å². The molecule has 1 aromatic heterocycles. The van der Waals surface area contributed by atoms with Gasteiger partial charge >= 0.3 is 5.97 Å². The minimum Gasteiger partial charge on any atom is -0.504 e. The third-order valence-electron chi connectivity index (χ3n) is 5.98. The molecule has 182 valence electrons. The largest absolute Gasteiger partial charge is 0.504 e. The maximum atomic E-state index is 12.3. The molecule has 1 amide bonds. The highest BCUT2D eigenvalue weighted by molar-refractivity contribution is 7.99. The third-order valence-corrected chi connectivity index (χ3v) is 7.03. The maximum absolute atomic E-state index is 12.3. The lowest BCUT2D eigenvalue weighted by atomic mass is 10.1. The van der Waals surface area contributed by atoms with Crippen LogP contribution in [0.3, 0.4) is 0 Å². The van der Waals surface area contributed by atoms with Crippen molar-refractivity contribution in [3.05, 3.63) is 77.7 Å². The topological polar surface area (TPSA) is 91.0 Å². The maximum Gasteiger partial charge on any atom is 0.303 e. The van der Waals surface area contributed by atoms with Crippen LogP contribution in [0.5, 0.6) is 0 Å². The van der Waals surface area contributed by atoms with Gasteiger partial charge in [-0.25, -0.2) is 0 Å². The Balaban J connectivity index is 1.36. The molecule has 3 aromatic rings. The highest BCUT2D eigenvalue weighted by Crippen LogP contribution is 2.28. The van der Waals surface area contributed by atoms with E-state index in [1.54, 1.807) is 17.8 Å². The molecule has 1 saturated heterocycles. The lowest BCUT2D eigenvalue weighted by molar-refractivity contribution is -0.137. The van der Waals surface area contributed by atoms with Crippen LogP contribution < -0.4 is 0 Å². The van der Waals surface area contributed by atoms with Crippen molar-refractivity contribution < 1.29 is 24.2 Å². The van der Waals surface area contributed by atoms with E-state index in [1.165, 1.54) is 0 Å². The van der Waals surface area contributed by atoms with E-state index in [4.69, 9.17) is 9.52 Å². The fraction of sp³-hybridized carbons (Fsp3) is 0.321. The second kappa shape index (κ2) is 11.8. The quantitative estimate of drug-likeness (QED) is 0.199. The number of likely N-dealkylation sites (tertiary alicyclic amines) is 1. The van der Waals surface area contributed by atoms with Crippen LogP contribution in [0.25, 0.3) is 22.3 Å². The second-order valence-corrected chi connectivity index (χ2v) is 9.81. The van der Waals surface area contributed by atoms with Gasteiger partial charge in [0.2, 0.25) is 5.91 Å². The molecule has 0 radical (unpaired) electrons. The summed E-state index contributed by atoms with van der Waals surface area (Å²) in [4.78, 5) is 24.7. The van der Waals surface area contributed by atoms with Crippen LogP contribution in [-0.2, 0) is 16.0 Å². The number of carbonyl (C=O) groups excluding carboxylic acids is 1. The van der Waals surface area contributed by atoms with Crippen LogP contribution in [0.1, 0.15) is 31.2 Å². The molecule has 1 aliphatic rings. The molecular weight excluding hydrogens is 462 g/mol. The van der Waals surface area contributed by atoms with Gasteiger partial charge in [0.05, 0.1) is 6.04 Å². The minimum absolute atomic E-state index is 0.0776. The molecule has 1 atom stereocenters. The molecular formula is C28H29NO5S. The molecule has 0 aliphatic carbocycles. The van der Waals surface area contributed by atoms with Crippen molar-refractivity contribution in [3.8, 4) is 11.3 Å². The Bertz CT molecular complexity index is 1220. The monoisotopic (exact) mass is 491 g/mol. The fourth-order valence-electron chi connectivity index (χ4n) is 4.21. The molecule has 1 aliphatic heterocycles. The lowest BCUT2D eigenvalue weighted by Crippen LogP contribution is -2.33. The van der Waals surface area contributed by atoms with Crippen molar-refractivity contribution in [1.29, 1.82) is 0 Å². The average molecular weight is 492 g/mol. The summed E-state index contributed by atoms with van der Waals surface area (Å²) in [5.74, 6) is 1.76. The predicted molar refractivity (Wildman–Crippen MR) is 139 cm³/mol. The Morgan fingerprint density at radius 1 is 1.14 bits per heavy atom. The smallest absolute Gasteiger partial charge is 0.303 e. The van der Waals surface area contributed by atoms with E-state index in [0.29, 0.717) is 32.2 Å². The Morgan fingerprint density at radius 2 is 2.00 bits per heavy atom. The summed E-state index contributed by atoms with van der Waals surface area (Å²) in [7, 11) is 0. The summed E-state index contributed by atoms with van der Waals surface area (Å²) in [6.07, 6.45) is 4.14. The van der Waals surface area contributed by atoms with E-state index < -0.39 is 5.97 Å². The molecule has 0 spiro atoms. The van der Waals surface area contributed by atoms with Crippen LogP contribution in [0.4, 0.5) is 0 Å². The number of amides is 1. The van der Waals surface area contributed by atoms with E-state index in [0.717, 1.165) is 39.4 Å². The molecule has 2 N–H and O–H groups in total. The van der Waals surface area contributed by atoms with Gasteiger partial charge in [0.25, 0.3) is 0 Å². The number of hydrogen-bond acceptors (Lipinski definition) is 5. The van der Waals surface area contributed by atoms with Gasteiger partial charge in [0.1, 0.15) is 17.1 Å².